The third-order valence-electron chi connectivity index (χ3n) is 4.33. The van der Waals surface area contributed by atoms with Crippen LogP contribution in [0.5, 0.6) is 0 Å². The summed E-state index contributed by atoms with van der Waals surface area (Å²) in [6.45, 7) is 2.91. The molecule has 92 valence electrons. The zero-order valence-corrected chi connectivity index (χ0v) is 10.2. The molecule has 3 heteroatoms. The van der Waals surface area contributed by atoms with Gasteiger partial charge < -0.3 is 11.1 Å². The summed E-state index contributed by atoms with van der Waals surface area (Å²) in [4.78, 5) is 11.9. The fourth-order valence-electron chi connectivity index (χ4n) is 3.40. The highest BCUT2D eigenvalue weighted by Crippen LogP contribution is 2.41. The second-order valence-corrected chi connectivity index (χ2v) is 5.49. The molecule has 2 fully saturated rings. The van der Waals surface area contributed by atoms with E-state index in [1.807, 2.05) is 0 Å². The first-order valence-electron chi connectivity index (χ1n) is 6.75. The van der Waals surface area contributed by atoms with Crippen molar-refractivity contribution in [3.8, 4) is 0 Å². The lowest BCUT2D eigenvalue weighted by Crippen LogP contribution is -2.49. The number of amides is 1. The Hall–Kier alpha value is -0.570. The Bertz CT molecular complexity index is 240. The lowest BCUT2D eigenvalue weighted by molar-refractivity contribution is -0.127. The van der Waals surface area contributed by atoms with Crippen LogP contribution in [0, 0.1) is 17.8 Å². The molecule has 0 heterocycles. The first-order chi connectivity index (χ1) is 7.72. The van der Waals surface area contributed by atoms with Crippen LogP contribution in [0.1, 0.15) is 45.4 Å². The van der Waals surface area contributed by atoms with Crippen molar-refractivity contribution in [2.45, 2.75) is 51.5 Å². The number of nitrogens with two attached hydrogens (primary N) is 1. The van der Waals surface area contributed by atoms with Crippen molar-refractivity contribution in [2.75, 3.05) is 6.54 Å². The van der Waals surface area contributed by atoms with Gasteiger partial charge in [-0.1, -0.05) is 13.3 Å². The molecule has 0 aromatic heterocycles. The Kier molecular flexibility index (Phi) is 3.85. The Balaban J connectivity index is 1.91. The van der Waals surface area contributed by atoms with Gasteiger partial charge in [-0.25, -0.2) is 0 Å². The number of carbonyl (C=O) groups excluding carboxylic acids is 1. The summed E-state index contributed by atoms with van der Waals surface area (Å²) < 4.78 is 0. The highest BCUT2D eigenvalue weighted by Gasteiger charge is 2.40. The van der Waals surface area contributed by atoms with Crippen LogP contribution in [0.15, 0.2) is 0 Å². The van der Waals surface area contributed by atoms with Crippen molar-refractivity contribution in [1.29, 1.82) is 0 Å². The molecule has 3 N–H and O–H groups in total. The van der Waals surface area contributed by atoms with Gasteiger partial charge in [0.25, 0.3) is 0 Å². The first kappa shape index (κ1) is 11.9. The highest BCUT2D eigenvalue weighted by atomic mass is 16.1. The number of fused-ring (bicyclic) bond motifs is 2. The van der Waals surface area contributed by atoms with E-state index in [9.17, 15) is 4.79 Å². The molecule has 2 unspecified atom stereocenters. The molecule has 0 spiro atoms. The number of rotatable bonds is 3. The standard InChI is InChI=1S/C13H24N2O/c1-2-6-15-13(16)11-7-9-4-3-5-10(8-11)12(9)14/h9-12H,2-8,14H2,1H3,(H,15,16). The Morgan fingerprint density at radius 3 is 2.50 bits per heavy atom. The van der Waals surface area contributed by atoms with Crippen molar-refractivity contribution in [3.63, 3.8) is 0 Å². The molecule has 0 aliphatic heterocycles. The second kappa shape index (κ2) is 5.17. The number of nitrogens with one attached hydrogen (secondary N) is 1. The molecular formula is C13H24N2O. The van der Waals surface area contributed by atoms with E-state index in [4.69, 9.17) is 5.73 Å². The largest absolute Gasteiger partial charge is 0.356 e. The minimum absolute atomic E-state index is 0.238. The Morgan fingerprint density at radius 1 is 1.31 bits per heavy atom. The highest BCUT2D eigenvalue weighted by molar-refractivity contribution is 5.78. The summed E-state index contributed by atoms with van der Waals surface area (Å²) in [7, 11) is 0. The molecule has 1 amide bonds. The van der Waals surface area contributed by atoms with Gasteiger partial charge >= 0.3 is 0 Å². The molecule has 0 saturated heterocycles. The zero-order valence-electron chi connectivity index (χ0n) is 10.2. The molecule has 0 radical (unpaired) electrons. The van der Waals surface area contributed by atoms with Gasteiger partial charge in [-0.2, -0.15) is 0 Å². The molecule has 2 saturated carbocycles. The van der Waals surface area contributed by atoms with E-state index >= 15 is 0 Å². The van der Waals surface area contributed by atoms with Crippen LogP contribution in [0.2, 0.25) is 0 Å². The van der Waals surface area contributed by atoms with Crippen LogP contribution < -0.4 is 11.1 Å². The van der Waals surface area contributed by atoms with E-state index in [1.165, 1.54) is 19.3 Å². The minimum atomic E-state index is 0.238. The average Bonchev–Trinajstić information content (AvgIpc) is 2.25. The average molecular weight is 224 g/mol. The summed E-state index contributed by atoms with van der Waals surface area (Å²) in [5, 5.41) is 3.03. The van der Waals surface area contributed by atoms with Gasteiger partial charge in [0.05, 0.1) is 0 Å². The third kappa shape index (κ3) is 2.40. The fraction of sp³-hybridized carbons (Fsp3) is 0.923. The molecular weight excluding hydrogens is 200 g/mol. The molecule has 2 bridgehead atoms. The maximum absolute atomic E-state index is 11.9. The van der Waals surface area contributed by atoms with Gasteiger partial charge in [-0.15, -0.1) is 0 Å². The second-order valence-electron chi connectivity index (χ2n) is 5.49. The normalized spacial score (nSPS) is 38.1. The molecule has 3 nitrogen and oxygen atoms in total. The number of carbonyl (C=O) groups is 1. The van der Waals surface area contributed by atoms with Gasteiger partial charge in [-0.3, -0.25) is 4.79 Å². The smallest absolute Gasteiger partial charge is 0.223 e. The third-order valence-corrected chi connectivity index (χ3v) is 4.33. The van der Waals surface area contributed by atoms with Crippen molar-refractivity contribution < 1.29 is 4.79 Å². The lowest BCUT2D eigenvalue weighted by Gasteiger charge is -2.43. The van der Waals surface area contributed by atoms with Crippen LogP contribution >= 0.6 is 0 Å². The van der Waals surface area contributed by atoms with Crippen molar-refractivity contribution in [1.82, 2.24) is 5.32 Å². The molecule has 0 aromatic carbocycles. The van der Waals surface area contributed by atoms with Gasteiger partial charge in [0.1, 0.15) is 0 Å². The van der Waals surface area contributed by atoms with E-state index in [1.54, 1.807) is 0 Å². The minimum Gasteiger partial charge on any atom is -0.356 e. The SMILES string of the molecule is CCCNC(=O)C1CC2CCCC(C1)C2N. The predicted molar refractivity (Wildman–Crippen MR) is 64.8 cm³/mol. The van der Waals surface area contributed by atoms with Crippen molar-refractivity contribution in [2.24, 2.45) is 23.5 Å². The Labute approximate surface area is 98.2 Å². The molecule has 2 aliphatic carbocycles. The lowest BCUT2D eigenvalue weighted by atomic mass is 9.65. The summed E-state index contributed by atoms with van der Waals surface area (Å²) in [6, 6.07) is 0.365. The maximum Gasteiger partial charge on any atom is 0.223 e. The quantitative estimate of drug-likeness (QED) is 0.766. The summed E-state index contributed by atoms with van der Waals surface area (Å²) in [5.74, 6) is 1.71. The van der Waals surface area contributed by atoms with Crippen LogP contribution in [-0.2, 0) is 4.79 Å². The molecule has 0 aromatic rings. The van der Waals surface area contributed by atoms with E-state index in [-0.39, 0.29) is 11.8 Å². The van der Waals surface area contributed by atoms with Crippen LogP contribution in [0.4, 0.5) is 0 Å². The summed E-state index contributed by atoms with van der Waals surface area (Å²) >= 11 is 0. The van der Waals surface area contributed by atoms with Gasteiger partial charge in [-0.05, 0) is 43.9 Å². The van der Waals surface area contributed by atoms with Crippen LogP contribution in [0.3, 0.4) is 0 Å². The molecule has 2 atom stereocenters. The monoisotopic (exact) mass is 224 g/mol. The summed E-state index contributed by atoms with van der Waals surface area (Å²) in [5.41, 5.74) is 6.22. The van der Waals surface area contributed by atoms with E-state index in [0.717, 1.165) is 25.8 Å². The number of hydrogen-bond donors (Lipinski definition) is 2. The Morgan fingerprint density at radius 2 is 1.94 bits per heavy atom. The van der Waals surface area contributed by atoms with Gasteiger partial charge in [0, 0.05) is 18.5 Å². The van der Waals surface area contributed by atoms with Crippen molar-refractivity contribution in [3.05, 3.63) is 0 Å². The molecule has 16 heavy (non-hydrogen) atoms. The fourth-order valence-corrected chi connectivity index (χ4v) is 3.40. The van der Waals surface area contributed by atoms with E-state index < -0.39 is 0 Å². The van der Waals surface area contributed by atoms with Crippen LogP contribution in [0.25, 0.3) is 0 Å². The topological polar surface area (TPSA) is 55.1 Å². The summed E-state index contributed by atoms with van der Waals surface area (Å²) in [6.07, 6.45) is 6.84. The van der Waals surface area contributed by atoms with E-state index in [0.29, 0.717) is 17.9 Å². The van der Waals surface area contributed by atoms with E-state index in [2.05, 4.69) is 12.2 Å². The number of hydrogen-bond acceptors (Lipinski definition) is 2. The van der Waals surface area contributed by atoms with Crippen molar-refractivity contribution >= 4 is 5.91 Å². The van der Waals surface area contributed by atoms with Gasteiger partial charge in [0.2, 0.25) is 5.91 Å². The zero-order chi connectivity index (χ0) is 11.5. The van der Waals surface area contributed by atoms with Gasteiger partial charge in [0.15, 0.2) is 0 Å². The van der Waals surface area contributed by atoms with Crippen LogP contribution in [-0.4, -0.2) is 18.5 Å². The molecule has 2 aliphatic rings. The maximum atomic E-state index is 11.9. The predicted octanol–water partition coefficient (Wildman–Crippen LogP) is 1.67. The molecule has 2 rings (SSSR count). The first-order valence-corrected chi connectivity index (χ1v) is 6.75.